The van der Waals surface area contributed by atoms with E-state index in [9.17, 15) is 4.39 Å². The highest BCUT2D eigenvalue weighted by molar-refractivity contribution is 5.57. The van der Waals surface area contributed by atoms with Gasteiger partial charge < -0.3 is 10.1 Å². The molecule has 4 rings (SSSR count). The average molecular weight is 350 g/mol. The van der Waals surface area contributed by atoms with E-state index < -0.39 is 0 Å². The third kappa shape index (κ3) is 3.22. The molecule has 1 aromatic carbocycles. The van der Waals surface area contributed by atoms with Crippen molar-refractivity contribution in [2.24, 2.45) is 0 Å². The monoisotopic (exact) mass is 350 g/mol. The first-order valence-corrected chi connectivity index (χ1v) is 8.70. The second-order valence-corrected chi connectivity index (χ2v) is 6.15. The van der Waals surface area contributed by atoms with Crippen LogP contribution in [0.4, 0.5) is 10.2 Å². The third-order valence-electron chi connectivity index (χ3n) is 4.43. The molecular weight excluding hydrogens is 331 g/mol. The van der Waals surface area contributed by atoms with Crippen molar-refractivity contribution in [2.75, 3.05) is 11.9 Å². The summed E-state index contributed by atoms with van der Waals surface area (Å²) in [7, 11) is 0. The minimum Gasteiger partial charge on any atom is -0.490 e. The number of pyridine rings is 1. The molecule has 2 aromatic heterocycles. The van der Waals surface area contributed by atoms with Gasteiger partial charge in [0.05, 0.1) is 12.6 Å². The Bertz CT molecular complexity index is 917. The first-order valence-electron chi connectivity index (χ1n) is 8.70. The van der Waals surface area contributed by atoms with Crippen molar-refractivity contribution in [1.82, 2.24) is 15.0 Å². The average Bonchev–Trinajstić information content (AvgIpc) is 2.69. The Morgan fingerprint density at radius 1 is 1.19 bits per heavy atom. The Labute approximate surface area is 151 Å². The van der Waals surface area contributed by atoms with Crippen LogP contribution in [-0.4, -0.2) is 21.6 Å². The summed E-state index contributed by atoms with van der Waals surface area (Å²) < 4.78 is 19.5. The standard InChI is InChI=1S/C20H19FN4O/c1-2-14-12-18(25-20(23-14)13-6-9-22-10-7-13)24-17-8-11-26-19-15(17)4-3-5-16(19)21/h3-7,9-10,12,17H,2,8,11H2,1H3,(H,23,24,25)/t17-/m0/s1. The maximum Gasteiger partial charge on any atom is 0.165 e. The Hall–Kier alpha value is -3.02. The summed E-state index contributed by atoms with van der Waals surface area (Å²) >= 11 is 0. The minimum atomic E-state index is -0.330. The van der Waals surface area contributed by atoms with Gasteiger partial charge >= 0.3 is 0 Å². The van der Waals surface area contributed by atoms with Gasteiger partial charge in [0.2, 0.25) is 0 Å². The van der Waals surface area contributed by atoms with Crippen LogP contribution in [0.2, 0.25) is 0 Å². The number of aromatic nitrogens is 3. The molecule has 1 aliphatic rings. The molecule has 26 heavy (non-hydrogen) atoms. The van der Waals surface area contributed by atoms with Gasteiger partial charge in [-0.25, -0.2) is 14.4 Å². The molecule has 5 nitrogen and oxygen atoms in total. The maximum atomic E-state index is 14.0. The van der Waals surface area contributed by atoms with E-state index in [2.05, 4.69) is 27.2 Å². The molecular formula is C20H19FN4O. The highest BCUT2D eigenvalue weighted by Gasteiger charge is 2.24. The van der Waals surface area contributed by atoms with Gasteiger partial charge in [-0.2, -0.15) is 0 Å². The van der Waals surface area contributed by atoms with Gasteiger partial charge in [0, 0.05) is 41.7 Å². The van der Waals surface area contributed by atoms with E-state index in [0.29, 0.717) is 18.2 Å². The van der Waals surface area contributed by atoms with Crippen LogP contribution in [0.5, 0.6) is 5.75 Å². The van der Waals surface area contributed by atoms with E-state index in [-0.39, 0.29) is 11.9 Å². The summed E-state index contributed by atoms with van der Waals surface area (Å²) in [5.74, 6) is 1.38. The number of benzene rings is 1. The zero-order valence-corrected chi connectivity index (χ0v) is 14.4. The van der Waals surface area contributed by atoms with Crippen molar-refractivity contribution < 1.29 is 9.13 Å². The van der Waals surface area contributed by atoms with Crippen molar-refractivity contribution in [1.29, 1.82) is 0 Å². The number of rotatable bonds is 4. The van der Waals surface area contributed by atoms with Crippen molar-refractivity contribution in [3.63, 3.8) is 0 Å². The summed E-state index contributed by atoms with van der Waals surface area (Å²) in [6.07, 6.45) is 4.99. The van der Waals surface area contributed by atoms with Crippen molar-refractivity contribution in [3.05, 3.63) is 65.9 Å². The quantitative estimate of drug-likeness (QED) is 0.765. The molecule has 3 aromatic rings. The summed E-state index contributed by atoms with van der Waals surface area (Å²) in [4.78, 5) is 13.3. The predicted octanol–water partition coefficient (Wildman–Crippen LogP) is 4.18. The van der Waals surface area contributed by atoms with Crippen molar-refractivity contribution in [2.45, 2.75) is 25.8 Å². The Morgan fingerprint density at radius 3 is 2.85 bits per heavy atom. The molecule has 0 aliphatic carbocycles. The molecule has 1 atom stereocenters. The number of para-hydroxylation sites is 1. The highest BCUT2D eigenvalue weighted by Crippen LogP contribution is 2.36. The Kier molecular flexibility index (Phi) is 4.48. The van der Waals surface area contributed by atoms with Gasteiger partial charge in [-0.1, -0.05) is 19.1 Å². The SMILES string of the molecule is CCc1cc(N[C@H]2CCOc3c(F)cccc32)nc(-c2ccncc2)n1. The molecule has 1 aliphatic heterocycles. The minimum absolute atomic E-state index is 0.0562. The highest BCUT2D eigenvalue weighted by atomic mass is 19.1. The summed E-state index contributed by atoms with van der Waals surface area (Å²) in [6, 6.07) is 10.7. The molecule has 0 unspecified atom stereocenters. The van der Waals surface area contributed by atoms with Crippen LogP contribution in [0, 0.1) is 5.82 Å². The lowest BCUT2D eigenvalue weighted by atomic mass is 10.0. The normalized spacial score (nSPS) is 15.8. The molecule has 0 radical (unpaired) electrons. The summed E-state index contributed by atoms with van der Waals surface area (Å²) in [5, 5.41) is 3.44. The topological polar surface area (TPSA) is 59.9 Å². The molecule has 1 N–H and O–H groups in total. The number of aryl methyl sites for hydroxylation is 1. The first-order chi connectivity index (χ1) is 12.7. The lowest BCUT2D eigenvalue weighted by Crippen LogP contribution is -2.22. The molecule has 6 heteroatoms. The number of halogens is 1. The van der Waals surface area contributed by atoms with E-state index >= 15 is 0 Å². The van der Waals surface area contributed by atoms with Crippen LogP contribution in [-0.2, 0) is 6.42 Å². The van der Waals surface area contributed by atoms with Crippen molar-refractivity contribution >= 4 is 5.82 Å². The fourth-order valence-corrected chi connectivity index (χ4v) is 3.10. The van der Waals surface area contributed by atoms with Crippen LogP contribution in [0.3, 0.4) is 0 Å². The van der Waals surface area contributed by atoms with E-state index in [0.717, 1.165) is 35.5 Å². The second kappa shape index (κ2) is 7.07. The fourth-order valence-electron chi connectivity index (χ4n) is 3.10. The molecule has 3 heterocycles. The fraction of sp³-hybridized carbons (Fsp3) is 0.250. The van der Waals surface area contributed by atoms with Crippen LogP contribution in [0.15, 0.2) is 48.8 Å². The van der Waals surface area contributed by atoms with Crippen LogP contribution >= 0.6 is 0 Å². The van der Waals surface area contributed by atoms with E-state index in [4.69, 9.17) is 4.74 Å². The summed E-state index contributed by atoms with van der Waals surface area (Å²) in [6.45, 7) is 2.52. The lowest BCUT2D eigenvalue weighted by Gasteiger charge is -2.27. The maximum absolute atomic E-state index is 14.0. The Morgan fingerprint density at radius 2 is 2.04 bits per heavy atom. The largest absolute Gasteiger partial charge is 0.490 e. The van der Waals surface area contributed by atoms with Crippen molar-refractivity contribution in [3.8, 4) is 17.1 Å². The van der Waals surface area contributed by atoms with Gasteiger partial charge in [0.15, 0.2) is 17.4 Å². The third-order valence-corrected chi connectivity index (χ3v) is 4.43. The van der Waals surface area contributed by atoms with E-state index in [1.54, 1.807) is 18.5 Å². The van der Waals surface area contributed by atoms with Gasteiger partial charge in [-0.15, -0.1) is 0 Å². The zero-order chi connectivity index (χ0) is 17.9. The molecule has 0 fully saturated rings. The smallest absolute Gasteiger partial charge is 0.165 e. The molecule has 0 amide bonds. The molecule has 132 valence electrons. The number of ether oxygens (including phenoxy) is 1. The number of anilines is 1. The van der Waals surface area contributed by atoms with Crippen LogP contribution < -0.4 is 10.1 Å². The van der Waals surface area contributed by atoms with E-state index in [1.807, 2.05) is 24.3 Å². The zero-order valence-electron chi connectivity index (χ0n) is 14.4. The lowest BCUT2D eigenvalue weighted by molar-refractivity contribution is 0.260. The number of nitrogens with one attached hydrogen (secondary N) is 1. The van der Waals surface area contributed by atoms with Gasteiger partial charge in [0.25, 0.3) is 0 Å². The molecule has 0 spiro atoms. The first kappa shape index (κ1) is 16.4. The van der Waals surface area contributed by atoms with E-state index in [1.165, 1.54) is 6.07 Å². The van der Waals surface area contributed by atoms with Crippen LogP contribution in [0.1, 0.15) is 30.6 Å². The van der Waals surface area contributed by atoms with Crippen LogP contribution in [0.25, 0.3) is 11.4 Å². The van der Waals surface area contributed by atoms with Gasteiger partial charge in [-0.3, -0.25) is 4.98 Å². The Balaban J connectivity index is 1.68. The summed E-state index contributed by atoms with van der Waals surface area (Å²) in [5.41, 5.74) is 2.68. The predicted molar refractivity (Wildman–Crippen MR) is 97.5 cm³/mol. The van der Waals surface area contributed by atoms with Gasteiger partial charge in [-0.05, 0) is 24.6 Å². The molecule has 0 bridgehead atoms. The number of hydrogen-bond donors (Lipinski definition) is 1. The number of hydrogen-bond acceptors (Lipinski definition) is 5. The number of fused-ring (bicyclic) bond motifs is 1. The van der Waals surface area contributed by atoms with Gasteiger partial charge in [0.1, 0.15) is 5.82 Å². The molecule has 0 saturated carbocycles. The second-order valence-electron chi connectivity index (χ2n) is 6.15. The number of nitrogens with zero attached hydrogens (tertiary/aromatic N) is 3. The molecule has 0 saturated heterocycles.